The molecule has 1 saturated carbocycles. The van der Waals surface area contributed by atoms with E-state index in [0.717, 1.165) is 24.8 Å². The molecular formula is C26H26F3NO3S. The van der Waals surface area contributed by atoms with Gasteiger partial charge in [0, 0.05) is 23.0 Å². The lowest BCUT2D eigenvalue weighted by Crippen LogP contribution is -2.41. The Bertz CT molecular complexity index is 1100. The number of carboxylic acid groups (broad SMARTS) is 1. The van der Waals surface area contributed by atoms with Gasteiger partial charge in [-0.25, -0.2) is 0 Å². The van der Waals surface area contributed by atoms with Gasteiger partial charge < -0.3 is 15.2 Å². The third kappa shape index (κ3) is 5.98. The molecule has 1 aliphatic carbocycles. The molecule has 0 bridgehead atoms. The van der Waals surface area contributed by atoms with Crippen LogP contribution in [0.5, 0.6) is 5.75 Å². The molecule has 8 heteroatoms. The zero-order chi connectivity index (χ0) is 24.1. The molecule has 0 unspecified atom stereocenters. The number of hydrogen-bond acceptors (Lipinski definition) is 4. The Morgan fingerprint density at radius 2 is 1.76 bits per heavy atom. The number of rotatable bonds is 8. The molecule has 2 aromatic carbocycles. The summed E-state index contributed by atoms with van der Waals surface area (Å²) in [5.41, 5.74) is 1.68. The summed E-state index contributed by atoms with van der Waals surface area (Å²) < 4.78 is 46.4. The summed E-state index contributed by atoms with van der Waals surface area (Å²) in [5.74, 6) is -0.545. The van der Waals surface area contributed by atoms with Gasteiger partial charge >= 0.3 is 12.1 Å². The number of carbonyl (C=O) groups is 1. The SMILES string of the molecule is O=C(O)[C@@H]1CCCC[C@@H]1NCc1ccc(OCc2cc(-c3ccccc3)c(C(F)(F)F)s2)cc1. The number of aliphatic carboxylic acids is 1. The van der Waals surface area contributed by atoms with E-state index in [2.05, 4.69) is 5.32 Å². The number of thiophene rings is 1. The molecule has 1 heterocycles. The first-order valence-electron chi connectivity index (χ1n) is 11.2. The third-order valence-corrected chi connectivity index (χ3v) is 7.23. The minimum atomic E-state index is -4.43. The van der Waals surface area contributed by atoms with Crippen molar-refractivity contribution in [2.45, 2.75) is 51.1 Å². The first-order valence-corrected chi connectivity index (χ1v) is 12.1. The second kappa shape index (κ2) is 10.6. The molecule has 0 amide bonds. The maximum atomic E-state index is 13.6. The number of alkyl halides is 3. The molecule has 34 heavy (non-hydrogen) atoms. The van der Waals surface area contributed by atoms with Crippen LogP contribution in [-0.2, 0) is 24.1 Å². The van der Waals surface area contributed by atoms with E-state index in [1.54, 1.807) is 48.5 Å². The Hall–Kier alpha value is -2.84. The second-order valence-electron chi connectivity index (χ2n) is 8.47. The molecule has 0 radical (unpaired) electrons. The van der Waals surface area contributed by atoms with E-state index in [4.69, 9.17) is 4.74 Å². The van der Waals surface area contributed by atoms with Gasteiger partial charge in [-0.2, -0.15) is 13.2 Å². The lowest BCUT2D eigenvalue weighted by atomic mass is 9.84. The monoisotopic (exact) mass is 489 g/mol. The lowest BCUT2D eigenvalue weighted by Gasteiger charge is -2.29. The molecule has 3 aromatic rings. The molecule has 2 N–H and O–H groups in total. The summed E-state index contributed by atoms with van der Waals surface area (Å²) >= 11 is 0.702. The summed E-state index contributed by atoms with van der Waals surface area (Å²) in [6.45, 7) is 0.593. The van der Waals surface area contributed by atoms with Crippen molar-refractivity contribution in [3.05, 3.63) is 76.0 Å². The maximum absolute atomic E-state index is 13.6. The van der Waals surface area contributed by atoms with E-state index in [9.17, 15) is 23.1 Å². The Balaban J connectivity index is 1.37. The van der Waals surface area contributed by atoms with Crippen molar-refractivity contribution < 1.29 is 27.8 Å². The van der Waals surface area contributed by atoms with Crippen molar-refractivity contribution >= 4 is 17.3 Å². The summed E-state index contributed by atoms with van der Waals surface area (Å²) in [7, 11) is 0. The molecule has 180 valence electrons. The number of hydrogen-bond donors (Lipinski definition) is 2. The van der Waals surface area contributed by atoms with Crippen LogP contribution < -0.4 is 10.1 Å². The van der Waals surface area contributed by atoms with Crippen LogP contribution in [0, 0.1) is 5.92 Å². The molecule has 0 saturated heterocycles. The average molecular weight is 490 g/mol. The second-order valence-corrected chi connectivity index (χ2v) is 9.61. The van der Waals surface area contributed by atoms with Crippen molar-refractivity contribution in [1.82, 2.24) is 5.32 Å². The van der Waals surface area contributed by atoms with Crippen LogP contribution in [0.3, 0.4) is 0 Å². The van der Waals surface area contributed by atoms with Crippen molar-refractivity contribution in [1.29, 1.82) is 0 Å². The molecular weight excluding hydrogens is 463 g/mol. The Morgan fingerprint density at radius 3 is 2.44 bits per heavy atom. The van der Waals surface area contributed by atoms with Crippen LogP contribution in [0.2, 0.25) is 0 Å². The van der Waals surface area contributed by atoms with E-state index in [0.29, 0.717) is 40.5 Å². The van der Waals surface area contributed by atoms with Gasteiger partial charge in [0.15, 0.2) is 0 Å². The largest absolute Gasteiger partial charge is 0.488 e. The Labute approximate surface area is 200 Å². The topological polar surface area (TPSA) is 58.6 Å². The van der Waals surface area contributed by atoms with Gasteiger partial charge in [-0.15, -0.1) is 11.3 Å². The summed E-state index contributed by atoms with van der Waals surface area (Å²) in [4.78, 5) is 11.3. The van der Waals surface area contributed by atoms with Crippen molar-refractivity contribution in [2.75, 3.05) is 0 Å². The highest BCUT2D eigenvalue weighted by molar-refractivity contribution is 7.12. The highest BCUT2D eigenvalue weighted by Gasteiger charge is 2.36. The van der Waals surface area contributed by atoms with E-state index in [1.807, 2.05) is 12.1 Å². The fourth-order valence-corrected chi connectivity index (χ4v) is 5.29. The van der Waals surface area contributed by atoms with Crippen molar-refractivity contribution in [2.24, 2.45) is 5.92 Å². The van der Waals surface area contributed by atoms with Crippen LogP contribution in [0.15, 0.2) is 60.7 Å². The van der Waals surface area contributed by atoms with Gasteiger partial charge in [0.05, 0.1) is 5.92 Å². The molecule has 4 nitrogen and oxygen atoms in total. The Kier molecular flexibility index (Phi) is 7.58. The van der Waals surface area contributed by atoms with Crippen molar-refractivity contribution in [3.63, 3.8) is 0 Å². The molecule has 4 rings (SSSR count). The van der Waals surface area contributed by atoms with Gasteiger partial charge in [-0.05, 0) is 42.2 Å². The summed E-state index contributed by atoms with van der Waals surface area (Å²) in [5, 5.41) is 12.8. The number of nitrogens with one attached hydrogen (secondary N) is 1. The first-order chi connectivity index (χ1) is 16.3. The predicted molar refractivity (Wildman–Crippen MR) is 126 cm³/mol. The number of halogens is 3. The fourth-order valence-electron chi connectivity index (χ4n) is 4.33. The predicted octanol–water partition coefficient (Wildman–Crippen LogP) is 6.75. The molecule has 0 aliphatic heterocycles. The first kappa shape index (κ1) is 24.3. The fraction of sp³-hybridized carbons (Fsp3) is 0.346. The van der Waals surface area contributed by atoms with E-state index < -0.39 is 17.0 Å². The minimum Gasteiger partial charge on any atom is -0.488 e. The van der Waals surface area contributed by atoms with Gasteiger partial charge in [0.2, 0.25) is 0 Å². The summed E-state index contributed by atoms with van der Waals surface area (Å²) in [6, 6.07) is 17.4. The van der Waals surface area contributed by atoms with Crippen LogP contribution >= 0.6 is 11.3 Å². The van der Waals surface area contributed by atoms with Gasteiger partial charge in [-0.3, -0.25) is 4.79 Å². The molecule has 0 spiro atoms. The van der Waals surface area contributed by atoms with E-state index in [-0.39, 0.29) is 24.1 Å². The average Bonchev–Trinajstić information content (AvgIpc) is 3.28. The van der Waals surface area contributed by atoms with Crippen LogP contribution in [0.4, 0.5) is 13.2 Å². The molecule has 1 aliphatic rings. The molecule has 1 fully saturated rings. The standard InChI is InChI=1S/C26H26F3NO3S/c27-26(28,29)24-22(18-6-2-1-3-7-18)14-20(34-24)16-33-19-12-10-17(11-13-19)15-30-23-9-5-4-8-21(23)25(31)32/h1-3,6-7,10-14,21,23,30H,4-5,8-9,15-16H2,(H,31,32)/t21-,23+/m1/s1. The number of carboxylic acids is 1. The molecule has 2 atom stereocenters. The zero-order valence-corrected chi connectivity index (χ0v) is 19.3. The number of ether oxygens (including phenoxy) is 1. The van der Waals surface area contributed by atoms with Gasteiger partial charge in [-0.1, -0.05) is 55.3 Å². The van der Waals surface area contributed by atoms with Crippen LogP contribution in [0.1, 0.15) is 41.0 Å². The Morgan fingerprint density at radius 1 is 1.06 bits per heavy atom. The van der Waals surface area contributed by atoms with Gasteiger partial charge in [0.25, 0.3) is 0 Å². The lowest BCUT2D eigenvalue weighted by molar-refractivity contribution is -0.143. The number of benzene rings is 2. The molecule has 1 aromatic heterocycles. The highest BCUT2D eigenvalue weighted by Crippen LogP contribution is 2.43. The summed E-state index contributed by atoms with van der Waals surface area (Å²) in [6.07, 6.45) is -0.906. The van der Waals surface area contributed by atoms with Gasteiger partial charge in [0.1, 0.15) is 17.2 Å². The normalized spacial score (nSPS) is 18.6. The zero-order valence-electron chi connectivity index (χ0n) is 18.5. The van der Waals surface area contributed by atoms with Crippen molar-refractivity contribution in [3.8, 4) is 16.9 Å². The highest BCUT2D eigenvalue weighted by atomic mass is 32.1. The van der Waals surface area contributed by atoms with Crippen LogP contribution in [-0.4, -0.2) is 17.1 Å². The minimum absolute atomic E-state index is 0.0392. The maximum Gasteiger partial charge on any atom is 0.426 e. The van der Waals surface area contributed by atoms with E-state index in [1.165, 1.54) is 0 Å². The van der Waals surface area contributed by atoms with Crippen LogP contribution in [0.25, 0.3) is 11.1 Å². The van der Waals surface area contributed by atoms with E-state index >= 15 is 0 Å². The third-order valence-electron chi connectivity index (χ3n) is 6.08. The quantitative estimate of drug-likeness (QED) is 0.368. The smallest absolute Gasteiger partial charge is 0.426 e.